The van der Waals surface area contributed by atoms with Crippen LogP contribution in [0.2, 0.25) is 0 Å². The predicted octanol–water partition coefficient (Wildman–Crippen LogP) is 2.16. The first kappa shape index (κ1) is 12.9. The van der Waals surface area contributed by atoms with Crippen LogP contribution in [0.5, 0.6) is 11.5 Å². The van der Waals surface area contributed by atoms with Gasteiger partial charge in [-0.15, -0.1) is 0 Å². The van der Waals surface area contributed by atoms with Crippen LogP contribution in [0.3, 0.4) is 0 Å². The maximum Gasteiger partial charge on any atom is 0.261 e. The smallest absolute Gasteiger partial charge is 0.261 e. The Hall–Kier alpha value is -2.08. The molecule has 1 aromatic heterocycles. The lowest BCUT2D eigenvalue weighted by Crippen LogP contribution is -2.13. The number of benzene rings is 1. The molecule has 20 heavy (non-hydrogen) atoms. The van der Waals surface area contributed by atoms with E-state index in [9.17, 15) is 0 Å². The SMILES string of the molecule is COc1ccc(OC)c(-c2nc(C(N)C3CC3)no2)c1. The molecule has 0 saturated heterocycles. The molecule has 0 aliphatic heterocycles. The molecule has 3 rings (SSSR count). The molecular formula is C14H17N3O3. The minimum Gasteiger partial charge on any atom is -0.497 e. The minimum absolute atomic E-state index is 0.149. The minimum atomic E-state index is -0.149. The molecule has 0 bridgehead atoms. The lowest BCUT2D eigenvalue weighted by molar-refractivity contribution is 0.393. The van der Waals surface area contributed by atoms with Gasteiger partial charge >= 0.3 is 0 Å². The zero-order valence-corrected chi connectivity index (χ0v) is 11.5. The van der Waals surface area contributed by atoms with Gasteiger partial charge in [-0.2, -0.15) is 4.98 Å². The van der Waals surface area contributed by atoms with Crippen LogP contribution >= 0.6 is 0 Å². The average molecular weight is 275 g/mol. The number of nitrogens with zero attached hydrogens (tertiary/aromatic N) is 2. The van der Waals surface area contributed by atoms with Crippen LogP contribution in [0.25, 0.3) is 11.5 Å². The summed E-state index contributed by atoms with van der Waals surface area (Å²) in [6.45, 7) is 0. The van der Waals surface area contributed by atoms with Crippen molar-refractivity contribution in [1.82, 2.24) is 10.1 Å². The van der Waals surface area contributed by atoms with Crippen LogP contribution < -0.4 is 15.2 Å². The number of ether oxygens (including phenoxy) is 2. The van der Waals surface area contributed by atoms with Gasteiger partial charge in [-0.05, 0) is 37.0 Å². The quantitative estimate of drug-likeness (QED) is 0.900. The molecule has 6 nitrogen and oxygen atoms in total. The molecule has 0 radical (unpaired) electrons. The summed E-state index contributed by atoms with van der Waals surface area (Å²) in [5.41, 5.74) is 6.78. The Bertz CT molecular complexity index is 607. The number of hydrogen-bond acceptors (Lipinski definition) is 6. The summed E-state index contributed by atoms with van der Waals surface area (Å²) in [5, 5.41) is 3.98. The van der Waals surface area contributed by atoms with Gasteiger partial charge < -0.3 is 19.7 Å². The third-order valence-electron chi connectivity index (χ3n) is 3.51. The lowest BCUT2D eigenvalue weighted by atomic mass is 10.1. The highest BCUT2D eigenvalue weighted by atomic mass is 16.5. The average Bonchev–Trinajstić information content (AvgIpc) is 3.22. The molecule has 0 spiro atoms. The monoisotopic (exact) mass is 275 g/mol. The Labute approximate surface area is 116 Å². The summed E-state index contributed by atoms with van der Waals surface area (Å²) in [6, 6.07) is 5.27. The molecule has 1 saturated carbocycles. The molecule has 1 aliphatic carbocycles. The zero-order chi connectivity index (χ0) is 14.1. The van der Waals surface area contributed by atoms with Gasteiger partial charge in [0.05, 0.1) is 25.8 Å². The maximum absolute atomic E-state index is 6.08. The van der Waals surface area contributed by atoms with Crippen molar-refractivity contribution in [2.75, 3.05) is 14.2 Å². The highest BCUT2D eigenvalue weighted by Gasteiger charge is 2.33. The van der Waals surface area contributed by atoms with E-state index in [-0.39, 0.29) is 6.04 Å². The van der Waals surface area contributed by atoms with E-state index in [0.29, 0.717) is 34.7 Å². The van der Waals surface area contributed by atoms with E-state index < -0.39 is 0 Å². The summed E-state index contributed by atoms with van der Waals surface area (Å²) in [5.74, 6) is 2.78. The molecule has 2 N–H and O–H groups in total. The normalized spacial score (nSPS) is 15.9. The Morgan fingerprint density at radius 1 is 1.30 bits per heavy atom. The second-order valence-electron chi connectivity index (χ2n) is 4.89. The van der Waals surface area contributed by atoms with Crippen LogP contribution in [0.15, 0.2) is 22.7 Å². The van der Waals surface area contributed by atoms with E-state index in [1.165, 1.54) is 0 Å². The fraction of sp³-hybridized carbons (Fsp3) is 0.429. The Morgan fingerprint density at radius 2 is 2.10 bits per heavy atom. The standard InChI is InChI=1S/C14H17N3O3/c1-18-9-5-6-11(19-2)10(7-9)14-16-13(17-20-14)12(15)8-3-4-8/h5-8,12H,3-4,15H2,1-2H3. The summed E-state index contributed by atoms with van der Waals surface area (Å²) in [7, 11) is 3.20. The van der Waals surface area contributed by atoms with E-state index in [1.807, 2.05) is 6.07 Å². The molecule has 1 fully saturated rings. The first-order valence-corrected chi connectivity index (χ1v) is 6.54. The van der Waals surface area contributed by atoms with E-state index in [2.05, 4.69) is 10.1 Å². The highest BCUT2D eigenvalue weighted by Crippen LogP contribution is 2.39. The first-order chi connectivity index (χ1) is 9.72. The molecule has 1 aliphatic rings. The molecule has 1 unspecified atom stereocenters. The van der Waals surface area contributed by atoms with Gasteiger partial charge in [-0.25, -0.2) is 0 Å². The van der Waals surface area contributed by atoms with E-state index >= 15 is 0 Å². The van der Waals surface area contributed by atoms with Crippen molar-refractivity contribution in [1.29, 1.82) is 0 Å². The zero-order valence-electron chi connectivity index (χ0n) is 11.5. The fourth-order valence-corrected chi connectivity index (χ4v) is 2.13. The summed E-state index contributed by atoms with van der Waals surface area (Å²) < 4.78 is 15.8. The van der Waals surface area contributed by atoms with Gasteiger partial charge in [0.25, 0.3) is 5.89 Å². The highest BCUT2D eigenvalue weighted by molar-refractivity contribution is 5.65. The molecule has 1 atom stereocenters. The topological polar surface area (TPSA) is 83.4 Å². The first-order valence-electron chi connectivity index (χ1n) is 6.54. The Kier molecular flexibility index (Phi) is 3.31. The number of nitrogens with two attached hydrogens (primary N) is 1. The van der Waals surface area contributed by atoms with Crippen molar-refractivity contribution in [3.8, 4) is 23.0 Å². The largest absolute Gasteiger partial charge is 0.497 e. The van der Waals surface area contributed by atoms with Crippen LogP contribution in [-0.2, 0) is 0 Å². The van der Waals surface area contributed by atoms with Crippen LogP contribution in [-0.4, -0.2) is 24.4 Å². The molecule has 1 heterocycles. The Morgan fingerprint density at radius 3 is 2.75 bits per heavy atom. The molecule has 106 valence electrons. The third-order valence-corrected chi connectivity index (χ3v) is 3.51. The summed E-state index contributed by atoms with van der Waals surface area (Å²) >= 11 is 0. The van der Waals surface area contributed by atoms with Gasteiger partial charge in [0.15, 0.2) is 5.82 Å². The molecule has 2 aromatic rings. The molecule has 1 aromatic carbocycles. The third kappa shape index (κ3) is 2.34. The summed E-state index contributed by atoms with van der Waals surface area (Å²) in [6.07, 6.45) is 2.26. The molecular weight excluding hydrogens is 258 g/mol. The van der Waals surface area contributed by atoms with Crippen molar-refractivity contribution in [2.24, 2.45) is 11.7 Å². The van der Waals surface area contributed by atoms with Gasteiger partial charge in [0, 0.05) is 0 Å². The van der Waals surface area contributed by atoms with Crippen LogP contribution in [0, 0.1) is 5.92 Å². The fourth-order valence-electron chi connectivity index (χ4n) is 2.13. The number of methoxy groups -OCH3 is 2. The van der Waals surface area contributed by atoms with Crippen LogP contribution in [0.4, 0.5) is 0 Å². The number of hydrogen-bond donors (Lipinski definition) is 1. The second kappa shape index (κ2) is 5.13. The lowest BCUT2D eigenvalue weighted by Gasteiger charge is -2.07. The van der Waals surface area contributed by atoms with Gasteiger partial charge in [-0.3, -0.25) is 0 Å². The van der Waals surface area contributed by atoms with Gasteiger partial charge in [-0.1, -0.05) is 5.16 Å². The van der Waals surface area contributed by atoms with Crippen LogP contribution in [0.1, 0.15) is 24.7 Å². The maximum atomic E-state index is 6.08. The Balaban J connectivity index is 1.95. The van der Waals surface area contributed by atoms with Gasteiger partial charge in [0.1, 0.15) is 11.5 Å². The van der Waals surface area contributed by atoms with Gasteiger partial charge in [0.2, 0.25) is 0 Å². The van der Waals surface area contributed by atoms with Crippen molar-refractivity contribution in [3.63, 3.8) is 0 Å². The predicted molar refractivity (Wildman–Crippen MR) is 72.5 cm³/mol. The van der Waals surface area contributed by atoms with E-state index in [0.717, 1.165) is 12.8 Å². The van der Waals surface area contributed by atoms with E-state index in [1.54, 1.807) is 26.4 Å². The van der Waals surface area contributed by atoms with Crippen molar-refractivity contribution in [2.45, 2.75) is 18.9 Å². The van der Waals surface area contributed by atoms with Crippen molar-refractivity contribution in [3.05, 3.63) is 24.0 Å². The molecule has 6 heteroatoms. The second-order valence-corrected chi connectivity index (χ2v) is 4.89. The molecule has 0 amide bonds. The van der Waals surface area contributed by atoms with Crippen molar-refractivity contribution >= 4 is 0 Å². The number of aromatic nitrogens is 2. The number of rotatable bonds is 5. The van der Waals surface area contributed by atoms with E-state index in [4.69, 9.17) is 19.7 Å². The van der Waals surface area contributed by atoms with Crippen molar-refractivity contribution < 1.29 is 14.0 Å². The summed E-state index contributed by atoms with van der Waals surface area (Å²) in [4.78, 5) is 4.39.